The topological polar surface area (TPSA) is 45.1 Å². The molecular weight excluding hydrogens is 220 g/mol. The lowest BCUT2D eigenvalue weighted by molar-refractivity contribution is 0.230. The van der Waals surface area contributed by atoms with Crippen molar-refractivity contribution in [3.8, 4) is 0 Å². The molecule has 0 bridgehead atoms. The second-order valence-corrected chi connectivity index (χ2v) is 5.57. The highest BCUT2D eigenvalue weighted by Gasteiger charge is 2.20. The van der Waals surface area contributed by atoms with E-state index < -0.39 is 0 Å². The predicted molar refractivity (Wildman–Crippen MR) is 66.9 cm³/mol. The maximum absolute atomic E-state index is 9.16. The number of aliphatic hydroxyl groups excluding tert-OH is 1. The van der Waals surface area contributed by atoms with E-state index in [0.29, 0.717) is 0 Å². The minimum Gasteiger partial charge on any atom is -0.395 e. The van der Waals surface area contributed by atoms with Crippen LogP contribution in [0.2, 0.25) is 0 Å². The van der Waals surface area contributed by atoms with Crippen LogP contribution in [0.3, 0.4) is 0 Å². The van der Waals surface area contributed by atoms with E-state index >= 15 is 0 Å². The van der Waals surface area contributed by atoms with Crippen LogP contribution in [0.25, 0.3) is 0 Å². The Morgan fingerprint density at radius 3 is 2.94 bits per heavy atom. The summed E-state index contributed by atoms with van der Waals surface area (Å²) in [6.07, 6.45) is 4.57. The highest BCUT2D eigenvalue weighted by molar-refractivity contribution is 7.11. The van der Waals surface area contributed by atoms with Crippen molar-refractivity contribution in [2.24, 2.45) is 0 Å². The minimum atomic E-state index is 0.189. The van der Waals surface area contributed by atoms with Crippen molar-refractivity contribution >= 4 is 11.3 Å². The molecule has 0 radical (unpaired) electrons. The molecule has 0 aromatic carbocycles. The fourth-order valence-electron chi connectivity index (χ4n) is 2.12. The molecular formula is C12H20N2OS. The van der Waals surface area contributed by atoms with E-state index in [1.807, 2.05) is 11.3 Å². The standard InChI is InChI=1S/C12H20N2OS/c1-3-9(7-15)13-8(2)12-14-10-5-4-6-11(10)16-12/h8-9,13,15H,3-7H2,1-2H3/t8?,9-/m1/s1. The monoisotopic (exact) mass is 240 g/mol. The first kappa shape index (κ1) is 12.0. The molecule has 0 saturated carbocycles. The molecule has 2 atom stereocenters. The second-order valence-electron chi connectivity index (χ2n) is 4.45. The summed E-state index contributed by atoms with van der Waals surface area (Å²) in [4.78, 5) is 6.16. The van der Waals surface area contributed by atoms with E-state index in [0.717, 1.165) is 12.8 Å². The number of aryl methyl sites for hydroxylation is 2. The van der Waals surface area contributed by atoms with Gasteiger partial charge in [0.2, 0.25) is 0 Å². The molecule has 1 unspecified atom stereocenters. The van der Waals surface area contributed by atoms with Crippen LogP contribution in [0.5, 0.6) is 0 Å². The smallest absolute Gasteiger partial charge is 0.110 e. The summed E-state index contributed by atoms with van der Waals surface area (Å²) in [5.74, 6) is 0. The fraction of sp³-hybridized carbons (Fsp3) is 0.750. The van der Waals surface area contributed by atoms with Gasteiger partial charge in [0.25, 0.3) is 0 Å². The maximum atomic E-state index is 9.16. The van der Waals surface area contributed by atoms with E-state index in [9.17, 15) is 0 Å². The van der Waals surface area contributed by atoms with Crippen LogP contribution in [0.4, 0.5) is 0 Å². The van der Waals surface area contributed by atoms with Crippen LogP contribution in [0.1, 0.15) is 48.3 Å². The normalized spacial score (nSPS) is 18.4. The molecule has 3 nitrogen and oxygen atoms in total. The number of nitrogens with one attached hydrogen (secondary N) is 1. The van der Waals surface area contributed by atoms with Crippen LogP contribution in [0, 0.1) is 0 Å². The number of aliphatic hydroxyl groups is 1. The highest BCUT2D eigenvalue weighted by atomic mass is 32.1. The lowest BCUT2D eigenvalue weighted by Gasteiger charge is -2.18. The quantitative estimate of drug-likeness (QED) is 0.828. The number of thiazole rings is 1. The SMILES string of the molecule is CC[C@H](CO)NC(C)c1nc2c(s1)CCC2. The van der Waals surface area contributed by atoms with Gasteiger partial charge in [-0.1, -0.05) is 6.92 Å². The lowest BCUT2D eigenvalue weighted by atomic mass is 10.2. The minimum absolute atomic E-state index is 0.189. The van der Waals surface area contributed by atoms with Crippen molar-refractivity contribution in [2.45, 2.75) is 51.6 Å². The Bertz CT molecular complexity index is 325. The summed E-state index contributed by atoms with van der Waals surface area (Å²) in [6, 6.07) is 0.446. The van der Waals surface area contributed by atoms with Gasteiger partial charge in [-0.15, -0.1) is 11.3 Å². The molecule has 0 amide bonds. The zero-order chi connectivity index (χ0) is 11.5. The molecule has 1 aliphatic carbocycles. The first-order valence-corrected chi connectivity index (χ1v) is 6.91. The molecule has 1 aromatic heterocycles. The van der Waals surface area contributed by atoms with E-state index in [1.54, 1.807) is 0 Å². The van der Waals surface area contributed by atoms with Crippen molar-refractivity contribution < 1.29 is 5.11 Å². The average molecular weight is 240 g/mol. The molecule has 1 heterocycles. The van der Waals surface area contributed by atoms with Crippen molar-refractivity contribution in [1.82, 2.24) is 10.3 Å². The van der Waals surface area contributed by atoms with Crippen molar-refractivity contribution in [1.29, 1.82) is 0 Å². The number of nitrogens with zero attached hydrogens (tertiary/aromatic N) is 1. The molecule has 0 aliphatic heterocycles. The van der Waals surface area contributed by atoms with Crippen LogP contribution in [-0.2, 0) is 12.8 Å². The van der Waals surface area contributed by atoms with E-state index in [1.165, 1.54) is 28.4 Å². The van der Waals surface area contributed by atoms with E-state index in [4.69, 9.17) is 5.11 Å². The third-order valence-corrected chi connectivity index (χ3v) is 4.52. The second kappa shape index (κ2) is 5.25. The lowest BCUT2D eigenvalue weighted by Crippen LogP contribution is -2.33. The Kier molecular flexibility index (Phi) is 3.95. The molecule has 2 rings (SSSR count). The number of rotatable bonds is 5. The molecule has 1 aromatic rings. The number of aromatic nitrogens is 1. The third kappa shape index (κ3) is 2.44. The van der Waals surface area contributed by atoms with Gasteiger partial charge in [-0.3, -0.25) is 0 Å². The van der Waals surface area contributed by atoms with Gasteiger partial charge in [-0.25, -0.2) is 4.98 Å². The van der Waals surface area contributed by atoms with Gasteiger partial charge in [0, 0.05) is 10.9 Å². The Labute approximate surface area is 101 Å². The Hall–Kier alpha value is -0.450. The predicted octanol–water partition coefficient (Wildman–Crippen LogP) is 2.05. The van der Waals surface area contributed by atoms with Crippen molar-refractivity contribution in [3.05, 3.63) is 15.6 Å². The van der Waals surface area contributed by atoms with Crippen LogP contribution < -0.4 is 5.32 Å². The molecule has 0 fully saturated rings. The van der Waals surface area contributed by atoms with Gasteiger partial charge < -0.3 is 10.4 Å². The molecule has 0 saturated heterocycles. The van der Waals surface area contributed by atoms with Crippen molar-refractivity contribution in [2.75, 3.05) is 6.61 Å². The van der Waals surface area contributed by atoms with Crippen LogP contribution in [-0.4, -0.2) is 22.7 Å². The van der Waals surface area contributed by atoms with E-state index in [2.05, 4.69) is 24.1 Å². The molecule has 0 spiro atoms. The van der Waals surface area contributed by atoms with E-state index in [-0.39, 0.29) is 18.7 Å². The summed E-state index contributed by atoms with van der Waals surface area (Å²) in [5.41, 5.74) is 1.31. The summed E-state index contributed by atoms with van der Waals surface area (Å²) in [7, 11) is 0. The Morgan fingerprint density at radius 1 is 1.50 bits per heavy atom. The molecule has 1 aliphatic rings. The largest absolute Gasteiger partial charge is 0.395 e. The number of hydrogen-bond acceptors (Lipinski definition) is 4. The molecule has 4 heteroatoms. The molecule has 2 N–H and O–H groups in total. The van der Waals surface area contributed by atoms with Crippen LogP contribution in [0.15, 0.2) is 0 Å². The first-order chi connectivity index (χ1) is 7.74. The van der Waals surface area contributed by atoms with Gasteiger partial charge in [0.05, 0.1) is 18.3 Å². The third-order valence-electron chi connectivity index (χ3n) is 3.18. The molecule has 16 heavy (non-hydrogen) atoms. The van der Waals surface area contributed by atoms with Gasteiger partial charge in [0.15, 0.2) is 0 Å². The van der Waals surface area contributed by atoms with Gasteiger partial charge >= 0.3 is 0 Å². The van der Waals surface area contributed by atoms with Gasteiger partial charge in [-0.05, 0) is 32.6 Å². The number of hydrogen-bond donors (Lipinski definition) is 2. The zero-order valence-corrected chi connectivity index (χ0v) is 10.8. The Morgan fingerprint density at radius 2 is 2.31 bits per heavy atom. The van der Waals surface area contributed by atoms with Gasteiger partial charge in [-0.2, -0.15) is 0 Å². The average Bonchev–Trinajstić information content (AvgIpc) is 2.85. The zero-order valence-electron chi connectivity index (χ0n) is 9.99. The maximum Gasteiger partial charge on any atom is 0.110 e. The Balaban J connectivity index is 2.00. The summed E-state index contributed by atoms with van der Waals surface area (Å²) in [5, 5.41) is 13.8. The summed E-state index contributed by atoms with van der Waals surface area (Å²) in [6.45, 7) is 4.42. The van der Waals surface area contributed by atoms with Gasteiger partial charge in [0.1, 0.15) is 5.01 Å². The molecule has 90 valence electrons. The fourth-order valence-corrected chi connectivity index (χ4v) is 3.29. The summed E-state index contributed by atoms with van der Waals surface area (Å²) >= 11 is 1.84. The van der Waals surface area contributed by atoms with Crippen LogP contribution >= 0.6 is 11.3 Å². The summed E-state index contributed by atoms with van der Waals surface area (Å²) < 4.78 is 0. The highest BCUT2D eigenvalue weighted by Crippen LogP contribution is 2.30. The number of fused-ring (bicyclic) bond motifs is 1. The first-order valence-electron chi connectivity index (χ1n) is 6.10. The van der Waals surface area contributed by atoms with Crippen molar-refractivity contribution in [3.63, 3.8) is 0 Å².